The van der Waals surface area contributed by atoms with Crippen LogP contribution in [0.25, 0.3) is 0 Å². The van der Waals surface area contributed by atoms with Crippen LogP contribution in [0.4, 0.5) is 0 Å². The molecule has 0 fully saturated rings. The Labute approximate surface area is 154 Å². The average Bonchev–Trinajstić information content (AvgIpc) is 3.17. The van der Waals surface area contributed by atoms with Crippen LogP contribution < -0.4 is 0 Å². The number of hydrogen-bond donors (Lipinski definition) is 0. The van der Waals surface area contributed by atoms with Gasteiger partial charge in [-0.05, 0) is 41.5 Å². The van der Waals surface area contributed by atoms with E-state index in [1.165, 1.54) is 14.2 Å². The van der Waals surface area contributed by atoms with Gasteiger partial charge in [0.25, 0.3) is 0 Å². The molecule has 26 heavy (non-hydrogen) atoms. The second-order valence-corrected chi connectivity index (χ2v) is 6.37. The summed E-state index contributed by atoms with van der Waals surface area (Å²) in [6.07, 6.45) is 3.26. The summed E-state index contributed by atoms with van der Waals surface area (Å²) in [5.74, 6) is -0.659. The van der Waals surface area contributed by atoms with Gasteiger partial charge in [0.05, 0.1) is 31.8 Å². The van der Waals surface area contributed by atoms with E-state index in [9.17, 15) is 9.59 Å². The highest BCUT2D eigenvalue weighted by Crippen LogP contribution is 2.13. The molecule has 8 nitrogen and oxygen atoms in total. The first-order chi connectivity index (χ1) is 12.1. The van der Waals surface area contributed by atoms with Crippen molar-refractivity contribution in [3.63, 3.8) is 0 Å². The minimum atomic E-state index is -0.329. The lowest BCUT2D eigenvalue weighted by Gasteiger charge is -2.07. The SMILES string of the molecule is COC(=O)c1cn(C(C)C)nc1C.COC(=O)c1cnn(C(C)C)c1C. The normalized spacial score (nSPS) is 10.5. The molecule has 0 saturated heterocycles. The van der Waals surface area contributed by atoms with E-state index in [0.29, 0.717) is 16.8 Å². The molecule has 0 aromatic carbocycles. The summed E-state index contributed by atoms with van der Waals surface area (Å²) in [4.78, 5) is 22.4. The van der Waals surface area contributed by atoms with Crippen molar-refractivity contribution in [2.75, 3.05) is 14.2 Å². The van der Waals surface area contributed by atoms with Crippen LogP contribution in [0.3, 0.4) is 0 Å². The molecule has 2 rings (SSSR count). The maximum absolute atomic E-state index is 11.2. The highest BCUT2D eigenvalue weighted by molar-refractivity contribution is 5.90. The van der Waals surface area contributed by atoms with E-state index < -0.39 is 0 Å². The molecule has 2 aromatic rings. The van der Waals surface area contributed by atoms with E-state index in [1.807, 2.05) is 34.6 Å². The van der Waals surface area contributed by atoms with Crippen LogP contribution in [0.1, 0.15) is 71.9 Å². The third-order valence-electron chi connectivity index (χ3n) is 3.79. The summed E-state index contributed by atoms with van der Waals surface area (Å²) >= 11 is 0. The summed E-state index contributed by atoms with van der Waals surface area (Å²) in [7, 11) is 2.74. The van der Waals surface area contributed by atoms with Gasteiger partial charge < -0.3 is 9.47 Å². The van der Waals surface area contributed by atoms with Crippen molar-refractivity contribution in [1.29, 1.82) is 0 Å². The van der Waals surface area contributed by atoms with E-state index >= 15 is 0 Å². The van der Waals surface area contributed by atoms with E-state index in [1.54, 1.807) is 28.7 Å². The molecule has 0 aliphatic rings. The standard InChI is InChI=1S/2C9H14N2O2/c1-6(2)11-5-8(7(3)10-11)9(12)13-4;1-6(2)11-7(3)8(5-10-11)9(12)13-4/h2*5-6H,1-4H3. The fourth-order valence-electron chi connectivity index (χ4n) is 2.31. The van der Waals surface area contributed by atoms with Crippen LogP contribution >= 0.6 is 0 Å². The predicted molar refractivity (Wildman–Crippen MR) is 97.4 cm³/mol. The summed E-state index contributed by atoms with van der Waals surface area (Å²) in [6.45, 7) is 11.7. The van der Waals surface area contributed by atoms with Crippen LogP contribution in [0.5, 0.6) is 0 Å². The number of hydrogen-bond acceptors (Lipinski definition) is 6. The molecule has 0 bridgehead atoms. The molecule has 0 atom stereocenters. The predicted octanol–water partition coefficient (Wildman–Crippen LogP) is 3.12. The average molecular weight is 364 g/mol. The van der Waals surface area contributed by atoms with Crippen molar-refractivity contribution < 1.29 is 19.1 Å². The molecule has 2 heterocycles. The van der Waals surface area contributed by atoms with Gasteiger partial charge >= 0.3 is 11.9 Å². The Morgan fingerprint density at radius 3 is 1.88 bits per heavy atom. The minimum absolute atomic E-state index is 0.261. The van der Waals surface area contributed by atoms with Crippen molar-refractivity contribution in [2.24, 2.45) is 0 Å². The quantitative estimate of drug-likeness (QED) is 0.775. The van der Waals surface area contributed by atoms with Gasteiger partial charge in [0.2, 0.25) is 0 Å². The molecule has 0 N–H and O–H groups in total. The number of carbonyl (C=O) groups is 2. The smallest absolute Gasteiger partial charge is 0.341 e. The fraction of sp³-hybridized carbons (Fsp3) is 0.556. The Balaban J connectivity index is 0.000000260. The zero-order valence-corrected chi connectivity index (χ0v) is 16.7. The Bertz CT molecular complexity index is 745. The second kappa shape index (κ2) is 9.17. The van der Waals surface area contributed by atoms with E-state index in [-0.39, 0.29) is 24.0 Å². The second-order valence-electron chi connectivity index (χ2n) is 6.37. The van der Waals surface area contributed by atoms with Crippen molar-refractivity contribution in [3.05, 3.63) is 34.9 Å². The van der Waals surface area contributed by atoms with Crippen molar-refractivity contribution in [1.82, 2.24) is 19.6 Å². The Kier molecular flexibility index (Phi) is 7.55. The van der Waals surface area contributed by atoms with Gasteiger partial charge in [-0.2, -0.15) is 10.2 Å². The van der Waals surface area contributed by atoms with Gasteiger partial charge in [0.15, 0.2) is 0 Å². The summed E-state index contributed by atoms with van der Waals surface area (Å²) in [5.41, 5.74) is 2.63. The molecule has 0 saturated carbocycles. The molecular formula is C18H28N4O4. The van der Waals surface area contributed by atoms with Crippen molar-refractivity contribution in [3.8, 4) is 0 Å². The van der Waals surface area contributed by atoms with Crippen LogP contribution in [0, 0.1) is 13.8 Å². The van der Waals surface area contributed by atoms with Gasteiger partial charge in [0.1, 0.15) is 11.1 Å². The largest absolute Gasteiger partial charge is 0.465 e. The third kappa shape index (κ3) is 4.93. The van der Waals surface area contributed by atoms with E-state index in [0.717, 1.165) is 5.69 Å². The molecule has 0 aliphatic heterocycles. The number of ether oxygens (including phenoxy) is 2. The lowest BCUT2D eigenvalue weighted by atomic mass is 10.2. The van der Waals surface area contributed by atoms with Gasteiger partial charge in [-0.25, -0.2) is 9.59 Å². The molecule has 0 aliphatic carbocycles. The highest BCUT2D eigenvalue weighted by atomic mass is 16.5. The van der Waals surface area contributed by atoms with Crippen molar-refractivity contribution in [2.45, 2.75) is 53.6 Å². The van der Waals surface area contributed by atoms with Crippen LogP contribution in [-0.4, -0.2) is 45.7 Å². The third-order valence-corrected chi connectivity index (χ3v) is 3.79. The first kappa shape index (κ1) is 21.4. The number of aromatic nitrogens is 4. The topological polar surface area (TPSA) is 88.2 Å². The monoisotopic (exact) mass is 364 g/mol. The Morgan fingerprint density at radius 1 is 0.962 bits per heavy atom. The summed E-state index contributed by atoms with van der Waals surface area (Å²) in [5, 5.41) is 8.30. The molecule has 8 heteroatoms. The molecule has 2 aromatic heterocycles. The van der Waals surface area contributed by atoms with Gasteiger partial charge in [0, 0.05) is 18.3 Å². The first-order valence-corrected chi connectivity index (χ1v) is 8.40. The van der Waals surface area contributed by atoms with Crippen LogP contribution in [-0.2, 0) is 9.47 Å². The number of esters is 2. The summed E-state index contributed by atoms with van der Waals surface area (Å²) in [6, 6.07) is 0.524. The molecule has 0 amide bonds. The Morgan fingerprint density at radius 2 is 1.50 bits per heavy atom. The van der Waals surface area contributed by atoms with Crippen molar-refractivity contribution >= 4 is 11.9 Å². The van der Waals surface area contributed by atoms with E-state index in [4.69, 9.17) is 0 Å². The highest BCUT2D eigenvalue weighted by Gasteiger charge is 2.15. The van der Waals surface area contributed by atoms with Gasteiger partial charge in [-0.15, -0.1) is 0 Å². The lowest BCUT2D eigenvalue weighted by Crippen LogP contribution is -2.07. The maximum atomic E-state index is 11.2. The number of methoxy groups -OCH3 is 2. The van der Waals surface area contributed by atoms with Crippen LogP contribution in [0.15, 0.2) is 12.4 Å². The molecule has 0 spiro atoms. The van der Waals surface area contributed by atoms with E-state index in [2.05, 4.69) is 19.7 Å². The summed E-state index contributed by atoms with van der Waals surface area (Å²) < 4.78 is 12.8. The van der Waals surface area contributed by atoms with Crippen LogP contribution in [0.2, 0.25) is 0 Å². The fourth-order valence-corrected chi connectivity index (χ4v) is 2.31. The molecule has 0 unspecified atom stereocenters. The zero-order chi connectivity index (χ0) is 20.0. The van der Waals surface area contributed by atoms with Gasteiger partial charge in [-0.3, -0.25) is 9.36 Å². The molecular weight excluding hydrogens is 336 g/mol. The molecule has 0 radical (unpaired) electrons. The Hall–Kier alpha value is -2.64. The van der Waals surface area contributed by atoms with Gasteiger partial charge in [-0.1, -0.05) is 0 Å². The maximum Gasteiger partial charge on any atom is 0.341 e. The number of carbonyl (C=O) groups excluding carboxylic acids is 2. The minimum Gasteiger partial charge on any atom is -0.465 e. The zero-order valence-electron chi connectivity index (χ0n) is 16.7. The number of rotatable bonds is 4. The number of nitrogens with zero attached hydrogens (tertiary/aromatic N) is 4. The first-order valence-electron chi connectivity index (χ1n) is 8.40. The molecule has 144 valence electrons. The lowest BCUT2D eigenvalue weighted by molar-refractivity contribution is 0.0590. The number of aryl methyl sites for hydroxylation is 1.